The van der Waals surface area contributed by atoms with Gasteiger partial charge in [-0.2, -0.15) is 0 Å². The lowest BCUT2D eigenvalue weighted by atomic mass is 10.1. The summed E-state index contributed by atoms with van der Waals surface area (Å²) in [6.07, 6.45) is 0.409. The monoisotopic (exact) mass is 216 g/mol. The van der Waals surface area contributed by atoms with Gasteiger partial charge in [-0.3, -0.25) is 4.79 Å². The third-order valence-electron chi connectivity index (χ3n) is 1.73. The lowest BCUT2D eigenvalue weighted by Gasteiger charge is -1.99. The first kappa shape index (κ1) is 10.6. The fourth-order valence-corrected chi connectivity index (χ4v) is 1.29. The van der Waals surface area contributed by atoms with E-state index in [1.165, 1.54) is 0 Å². The number of benzene rings is 1. The fourth-order valence-electron chi connectivity index (χ4n) is 1.02. The maximum atomic E-state index is 11.0. The van der Waals surface area contributed by atoms with Crippen molar-refractivity contribution in [3.8, 4) is 0 Å². The van der Waals surface area contributed by atoms with Gasteiger partial charge in [-0.05, 0) is 11.1 Å². The molecule has 1 rings (SSSR count). The SMILES string of the molecule is O=C(CCl)Cc1ccc(CCl)cc1. The Morgan fingerprint density at radius 3 is 2.08 bits per heavy atom. The number of ketones is 1. The largest absolute Gasteiger partial charge is 0.298 e. The van der Waals surface area contributed by atoms with Gasteiger partial charge in [-0.15, -0.1) is 23.2 Å². The lowest BCUT2D eigenvalue weighted by Crippen LogP contribution is -2.03. The molecule has 0 atom stereocenters. The average molecular weight is 217 g/mol. The molecule has 0 fully saturated rings. The van der Waals surface area contributed by atoms with Crippen molar-refractivity contribution in [3.05, 3.63) is 35.4 Å². The van der Waals surface area contributed by atoms with E-state index >= 15 is 0 Å². The van der Waals surface area contributed by atoms with E-state index in [-0.39, 0.29) is 11.7 Å². The fraction of sp³-hybridized carbons (Fsp3) is 0.300. The molecule has 70 valence electrons. The second-order valence-electron chi connectivity index (χ2n) is 2.80. The highest BCUT2D eigenvalue weighted by Gasteiger charge is 2.01. The maximum absolute atomic E-state index is 11.0. The van der Waals surface area contributed by atoms with Crippen LogP contribution in [0.1, 0.15) is 11.1 Å². The minimum Gasteiger partial charge on any atom is -0.298 e. The predicted octanol–water partition coefficient (Wildman–Crippen LogP) is 2.78. The van der Waals surface area contributed by atoms with Gasteiger partial charge in [0.2, 0.25) is 0 Å². The molecule has 1 nitrogen and oxygen atoms in total. The van der Waals surface area contributed by atoms with Gasteiger partial charge in [0.1, 0.15) is 0 Å². The van der Waals surface area contributed by atoms with Gasteiger partial charge < -0.3 is 0 Å². The first-order valence-corrected chi connectivity index (χ1v) is 5.04. The van der Waals surface area contributed by atoms with Crippen molar-refractivity contribution in [2.45, 2.75) is 12.3 Å². The second kappa shape index (κ2) is 5.25. The summed E-state index contributed by atoms with van der Waals surface area (Å²) < 4.78 is 0. The molecular weight excluding hydrogens is 207 g/mol. The first-order chi connectivity index (χ1) is 6.26. The zero-order valence-corrected chi connectivity index (χ0v) is 8.61. The third-order valence-corrected chi connectivity index (χ3v) is 2.33. The average Bonchev–Trinajstić information content (AvgIpc) is 2.19. The first-order valence-electron chi connectivity index (χ1n) is 3.97. The summed E-state index contributed by atoms with van der Waals surface area (Å²) in [6, 6.07) is 7.65. The van der Waals surface area contributed by atoms with Crippen LogP contribution < -0.4 is 0 Å². The Morgan fingerprint density at radius 2 is 1.62 bits per heavy atom. The molecule has 1 aromatic rings. The van der Waals surface area contributed by atoms with Crippen molar-refractivity contribution in [1.82, 2.24) is 0 Å². The second-order valence-corrected chi connectivity index (χ2v) is 3.33. The van der Waals surface area contributed by atoms with E-state index in [1.54, 1.807) is 0 Å². The van der Waals surface area contributed by atoms with Crippen molar-refractivity contribution in [3.63, 3.8) is 0 Å². The van der Waals surface area contributed by atoms with Crippen LogP contribution in [0.4, 0.5) is 0 Å². The Bertz CT molecular complexity index is 279. The van der Waals surface area contributed by atoms with E-state index < -0.39 is 0 Å². The highest BCUT2D eigenvalue weighted by Crippen LogP contribution is 2.07. The zero-order chi connectivity index (χ0) is 9.68. The van der Waals surface area contributed by atoms with Crippen LogP contribution in [0.15, 0.2) is 24.3 Å². The van der Waals surface area contributed by atoms with Gasteiger partial charge in [0, 0.05) is 12.3 Å². The smallest absolute Gasteiger partial charge is 0.151 e. The number of hydrogen-bond acceptors (Lipinski definition) is 1. The van der Waals surface area contributed by atoms with Gasteiger partial charge >= 0.3 is 0 Å². The summed E-state index contributed by atoms with van der Waals surface area (Å²) in [4.78, 5) is 11.0. The number of hydrogen-bond donors (Lipinski definition) is 0. The lowest BCUT2D eigenvalue weighted by molar-refractivity contribution is -0.116. The molecule has 0 N–H and O–H groups in total. The van der Waals surface area contributed by atoms with Gasteiger partial charge in [-0.25, -0.2) is 0 Å². The number of alkyl halides is 2. The van der Waals surface area contributed by atoms with E-state index in [2.05, 4.69) is 0 Å². The number of Topliss-reactive ketones (excluding diaryl/α,β-unsaturated/α-hetero) is 1. The maximum Gasteiger partial charge on any atom is 0.151 e. The zero-order valence-electron chi connectivity index (χ0n) is 7.09. The quantitative estimate of drug-likeness (QED) is 0.708. The summed E-state index contributed by atoms with van der Waals surface area (Å²) in [5.41, 5.74) is 2.04. The van der Waals surface area contributed by atoms with E-state index in [9.17, 15) is 4.79 Å². The van der Waals surface area contributed by atoms with Crippen molar-refractivity contribution in [2.24, 2.45) is 0 Å². The van der Waals surface area contributed by atoms with E-state index in [0.29, 0.717) is 12.3 Å². The minimum absolute atomic E-state index is 0.0419. The van der Waals surface area contributed by atoms with Crippen molar-refractivity contribution in [1.29, 1.82) is 0 Å². The minimum atomic E-state index is 0.0419. The van der Waals surface area contributed by atoms with Crippen LogP contribution in [0, 0.1) is 0 Å². The molecule has 0 saturated carbocycles. The molecule has 0 aliphatic rings. The summed E-state index contributed by atoms with van der Waals surface area (Å²) >= 11 is 11.0. The highest BCUT2D eigenvalue weighted by molar-refractivity contribution is 6.27. The van der Waals surface area contributed by atoms with Crippen LogP contribution in [0.3, 0.4) is 0 Å². The molecule has 0 heterocycles. The van der Waals surface area contributed by atoms with Crippen LogP contribution in [0.2, 0.25) is 0 Å². The Morgan fingerprint density at radius 1 is 1.08 bits per heavy atom. The topological polar surface area (TPSA) is 17.1 Å². The number of rotatable bonds is 4. The van der Waals surface area contributed by atoms with Crippen LogP contribution in [0.25, 0.3) is 0 Å². The van der Waals surface area contributed by atoms with E-state index in [4.69, 9.17) is 23.2 Å². The van der Waals surface area contributed by atoms with Crippen molar-refractivity contribution < 1.29 is 4.79 Å². The summed E-state index contributed by atoms with van der Waals surface area (Å²) in [5.74, 6) is 0.626. The van der Waals surface area contributed by atoms with Gasteiger partial charge in [0.15, 0.2) is 5.78 Å². The molecule has 0 spiro atoms. The van der Waals surface area contributed by atoms with Gasteiger partial charge in [-0.1, -0.05) is 24.3 Å². The van der Waals surface area contributed by atoms with Gasteiger partial charge in [0.05, 0.1) is 5.88 Å². The third kappa shape index (κ3) is 3.37. The molecule has 0 radical (unpaired) electrons. The number of carbonyl (C=O) groups is 1. The van der Waals surface area contributed by atoms with E-state index in [1.807, 2.05) is 24.3 Å². The molecule has 0 aromatic heterocycles. The molecular formula is C10H10Cl2O. The molecule has 0 unspecified atom stereocenters. The van der Waals surface area contributed by atoms with Crippen LogP contribution in [0.5, 0.6) is 0 Å². The molecule has 0 aliphatic heterocycles. The van der Waals surface area contributed by atoms with E-state index in [0.717, 1.165) is 11.1 Å². The summed E-state index contributed by atoms with van der Waals surface area (Å²) in [6.45, 7) is 0. The molecule has 0 bridgehead atoms. The molecule has 13 heavy (non-hydrogen) atoms. The summed E-state index contributed by atoms with van der Waals surface area (Å²) in [5, 5.41) is 0. The van der Waals surface area contributed by atoms with Crippen LogP contribution >= 0.6 is 23.2 Å². The number of halogens is 2. The molecule has 0 amide bonds. The van der Waals surface area contributed by atoms with Crippen molar-refractivity contribution >= 4 is 29.0 Å². The van der Waals surface area contributed by atoms with Crippen LogP contribution in [-0.4, -0.2) is 11.7 Å². The van der Waals surface area contributed by atoms with Crippen LogP contribution in [-0.2, 0) is 17.1 Å². The summed E-state index contributed by atoms with van der Waals surface area (Å²) in [7, 11) is 0. The molecule has 1 aromatic carbocycles. The Hall–Kier alpha value is -0.530. The Labute approximate surface area is 87.7 Å². The Kier molecular flexibility index (Phi) is 4.26. The molecule has 0 saturated heterocycles. The van der Waals surface area contributed by atoms with Gasteiger partial charge in [0.25, 0.3) is 0 Å². The predicted molar refractivity (Wildman–Crippen MR) is 55.4 cm³/mol. The normalized spacial score (nSPS) is 10.0. The molecule has 3 heteroatoms. The standard InChI is InChI=1S/C10H10Cl2O/c11-6-9-3-1-8(2-4-9)5-10(13)7-12/h1-4H,5-7H2. The van der Waals surface area contributed by atoms with Crippen molar-refractivity contribution in [2.75, 3.05) is 5.88 Å². The number of carbonyl (C=O) groups excluding carboxylic acids is 1. The molecule has 0 aliphatic carbocycles. The Balaban J connectivity index is 2.64. The highest BCUT2D eigenvalue weighted by atomic mass is 35.5.